The van der Waals surface area contributed by atoms with E-state index in [1.165, 1.54) is 38.8 Å². The first kappa shape index (κ1) is 13.4. The largest absolute Gasteiger partial charge is 0.453 e. The predicted octanol–water partition coefficient (Wildman–Crippen LogP) is 4.10. The Bertz CT molecular complexity index is 801. The highest BCUT2D eigenvalue weighted by molar-refractivity contribution is 5.81. The van der Waals surface area contributed by atoms with Gasteiger partial charge in [0.05, 0.1) is 6.04 Å². The minimum absolute atomic E-state index is 0.525. The van der Waals surface area contributed by atoms with Gasteiger partial charge < -0.3 is 8.98 Å². The summed E-state index contributed by atoms with van der Waals surface area (Å²) in [5.74, 6) is 1.85. The summed E-state index contributed by atoms with van der Waals surface area (Å²) in [6, 6.07) is 11.5. The summed E-state index contributed by atoms with van der Waals surface area (Å²) in [5, 5.41) is 1.14. The molecule has 23 heavy (non-hydrogen) atoms. The van der Waals surface area contributed by atoms with Crippen molar-refractivity contribution in [1.29, 1.82) is 0 Å². The number of para-hydroxylation sites is 1. The minimum atomic E-state index is 0.525. The molecular weight excluding hydrogens is 286 g/mol. The van der Waals surface area contributed by atoms with Gasteiger partial charge in [-0.15, -0.1) is 0 Å². The predicted molar refractivity (Wildman–Crippen MR) is 90.3 cm³/mol. The number of rotatable bonds is 2. The van der Waals surface area contributed by atoms with Gasteiger partial charge in [-0.05, 0) is 50.9 Å². The summed E-state index contributed by atoms with van der Waals surface area (Å²) in [6.45, 7) is 2.52. The van der Waals surface area contributed by atoms with Crippen LogP contribution >= 0.6 is 0 Å². The van der Waals surface area contributed by atoms with E-state index in [0.717, 1.165) is 22.6 Å². The number of furan rings is 1. The number of piperidine rings is 1. The topological polar surface area (TPSA) is 34.2 Å². The third-order valence-corrected chi connectivity index (χ3v) is 5.48. The van der Waals surface area contributed by atoms with Crippen LogP contribution in [0.15, 0.2) is 47.1 Å². The second kappa shape index (κ2) is 5.24. The van der Waals surface area contributed by atoms with E-state index in [2.05, 4.69) is 32.8 Å². The standard InChI is InChI=1S/C19H21N3O/c1-2-8-17-14(5-1)13-18(23-17)19-20-9-12-22(19)16-7-4-11-21-10-3-6-15(16)21/h1-2,5,8-9,12-13,15-16H,3-4,6-7,10-11H2/t15-,16-/m1/s1. The Hall–Kier alpha value is -2.07. The van der Waals surface area contributed by atoms with Crippen LogP contribution < -0.4 is 0 Å². The lowest BCUT2D eigenvalue weighted by Gasteiger charge is -2.37. The Morgan fingerprint density at radius 2 is 1.87 bits per heavy atom. The van der Waals surface area contributed by atoms with E-state index in [-0.39, 0.29) is 0 Å². The fraction of sp³-hybridized carbons (Fsp3) is 0.421. The quantitative estimate of drug-likeness (QED) is 0.715. The Morgan fingerprint density at radius 1 is 1.04 bits per heavy atom. The molecule has 1 aromatic carbocycles. The maximum Gasteiger partial charge on any atom is 0.176 e. The number of nitrogens with zero attached hydrogens (tertiary/aromatic N) is 3. The maximum absolute atomic E-state index is 6.06. The van der Waals surface area contributed by atoms with Crippen molar-refractivity contribution in [1.82, 2.24) is 14.5 Å². The van der Waals surface area contributed by atoms with Crippen molar-refractivity contribution in [3.8, 4) is 11.6 Å². The summed E-state index contributed by atoms with van der Waals surface area (Å²) in [7, 11) is 0. The molecule has 2 fully saturated rings. The molecule has 2 saturated heterocycles. The molecule has 0 spiro atoms. The smallest absolute Gasteiger partial charge is 0.176 e. The number of fused-ring (bicyclic) bond motifs is 2. The van der Waals surface area contributed by atoms with Crippen LogP contribution in [0.3, 0.4) is 0 Å². The van der Waals surface area contributed by atoms with Gasteiger partial charge >= 0.3 is 0 Å². The zero-order chi connectivity index (χ0) is 15.2. The molecule has 0 radical (unpaired) electrons. The first-order valence-electron chi connectivity index (χ1n) is 8.66. The fourth-order valence-electron chi connectivity index (χ4n) is 4.45. The molecular formula is C19H21N3O. The first-order valence-corrected chi connectivity index (χ1v) is 8.66. The highest BCUT2D eigenvalue weighted by Crippen LogP contribution is 2.37. The second-order valence-corrected chi connectivity index (χ2v) is 6.76. The normalized spacial score (nSPS) is 25.0. The van der Waals surface area contributed by atoms with Crippen molar-refractivity contribution in [3.63, 3.8) is 0 Å². The summed E-state index contributed by atoms with van der Waals surface area (Å²) in [4.78, 5) is 7.29. The number of hydrogen-bond donors (Lipinski definition) is 0. The summed E-state index contributed by atoms with van der Waals surface area (Å²) in [6.07, 6.45) is 9.20. The van der Waals surface area contributed by atoms with E-state index in [4.69, 9.17) is 4.42 Å². The van der Waals surface area contributed by atoms with Gasteiger partial charge in [-0.2, -0.15) is 0 Å². The number of aromatic nitrogens is 2. The van der Waals surface area contributed by atoms with Gasteiger partial charge in [0.15, 0.2) is 11.6 Å². The molecule has 3 aromatic rings. The first-order chi connectivity index (χ1) is 11.4. The van der Waals surface area contributed by atoms with Crippen LogP contribution in [-0.4, -0.2) is 33.6 Å². The lowest BCUT2D eigenvalue weighted by atomic mass is 9.96. The Balaban J connectivity index is 1.56. The third kappa shape index (κ3) is 2.12. The van der Waals surface area contributed by atoms with Crippen molar-refractivity contribution in [2.75, 3.05) is 13.1 Å². The number of imidazole rings is 1. The fourth-order valence-corrected chi connectivity index (χ4v) is 4.45. The summed E-state index contributed by atoms with van der Waals surface area (Å²) >= 11 is 0. The molecule has 2 aromatic heterocycles. The molecule has 5 rings (SSSR count). The van der Waals surface area contributed by atoms with E-state index in [1.54, 1.807) is 0 Å². The third-order valence-electron chi connectivity index (χ3n) is 5.48. The van der Waals surface area contributed by atoms with Crippen molar-refractivity contribution >= 4 is 11.0 Å². The van der Waals surface area contributed by atoms with E-state index >= 15 is 0 Å². The molecule has 0 bridgehead atoms. The van der Waals surface area contributed by atoms with Gasteiger partial charge in [-0.3, -0.25) is 4.90 Å². The zero-order valence-corrected chi connectivity index (χ0v) is 13.2. The van der Waals surface area contributed by atoms with Gasteiger partial charge in [0.25, 0.3) is 0 Å². The molecule has 0 saturated carbocycles. The number of hydrogen-bond acceptors (Lipinski definition) is 3. The molecule has 0 amide bonds. The second-order valence-electron chi connectivity index (χ2n) is 6.76. The van der Waals surface area contributed by atoms with Crippen molar-refractivity contribution < 1.29 is 4.42 Å². The molecule has 4 nitrogen and oxygen atoms in total. The molecule has 2 aliphatic rings. The summed E-state index contributed by atoms with van der Waals surface area (Å²) < 4.78 is 8.42. The van der Waals surface area contributed by atoms with E-state index in [9.17, 15) is 0 Å². The lowest BCUT2D eigenvalue weighted by molar-refractivity contribution is 0.138. The molecule has 0 unspecified atom stereocenters. The van der Waals surface area contributed by atoms with Gasteiger partial charge in [0.2, 0.25) is 0 Å². The van der Waals surface area contributed by atoms with Crippen LogP contribution in [0, 0.1) is 0 Å². The molecule has 0 N–H and O–H groups in total. The number of benzene rings is 1. The van der Waals surface area contributed by atoms with Crippen LogP contribution in [0.5, 0.6) is 0 Å². The average Bonchev–Trinajstić information content (AvgIpc) is 3.31. The Labute approximate surface area is 135 Å². The Morgan fingerprint density at radius 3 is 2.74 bits per heavy atom. The van der Waals surface area contributed by atoms with Crippen molar-refractivity contribution in [2.24, 2.45) is 0 Å². The average molecular weight is 307 g/mol. The van der Waals surface area contributed by atoms with E-state index in [0.29, 0.717) is 12.1 Å². The zero-order valence-electron chi connectivity index (χ0n) is 13.2. The Kier molecular flexibility index (Phi) is 3.05. The van der Waals surface area contributed by atoms with Crippen LogP contribution in [-0.2, 0) is 0 Å². The van der Waals surface area contributed by atoms with E-state index in [1.807, 2.05) is 24.4 Å². The van der Waals surface area contributed by atoms with Crippen molar-refractivity contribution in [2.45, 2.75) is 37.8 Å². The maximum atomic E-state index is 6.06. The van der Waals surface area contributed by atoms with E-state index < -0.39 is 0 Å². The molecule has 118 valence electrons. The van der Waals surface area contributed by atoms with Gasteiger partial charge in [-0.25, -0.2) is 4.98 Å². The highest BCUT2D eigenvalue weighted by Gasteiger charge is 2.36. The monoisotopic (exact) mass is 307 g/mol. The van der Waals surface area contributed by atoms with Crippen LogP contribution in [0.1, 0.15) is 31.7 Å². The van der Waals surface area contributed by atoms with Crippen LogP contribution in [0.2, 0.25) is 0 Å². The van der Waals surface area contributed by atoms with Crippen molar-refractivity contribution in [3.05, 3.63) is 42.7 Å². The van der Waals surface area contributed by atoms with Gasteiger partial charge in [-0.1, -0.05) is 18.2 Å². The molecule has 4 heterocycles. The van der Waals surface area contributed by atoms with Crippen LogP contribution in [0.4, 0.5) is 0 Å². The van der Waals surface area contributed by atoms with Gasteiger partial charge in [0.1, 0.15) is 5.58 Å². The lowest BCUT2D eigenvalue weighted by Crippen LogP contribution is -2.41. The molecule has 2 atom stereocenters. The summed E-state index contributed by atoms with van der Waals surface area (Å²) in [5.41, 5.74) is 0.934. The SMILES string of the molecule is c1ccc2oc(-c3nccn3[C@@H]3CCCN4CCC[C@H]34)cc2c1. The minimum Gasteiger partial charge on any atom is -0.453 e. The highest BCUT2D eigenvalue weighted by atomic mass is 16.3. The molecule has 0 aliphatic carbocycles. The van der Waals surface area contributed by atoms with Gasteiger partial charge in [0, 0.05) is 23.8 Å². The molecule has 4 heteroatoms. The molecule has 2 aliphatic heterocycles. The van der Waals surface area contributed by atoms with Crippen LogP contribution in [0.25, 0.3) is 22.6 Å².